The number of halogens is 3. The number of amides is 1. The third-order valence-corrected chi connectivity index (χ3v) is 3.39. The number of aromatic nitrogens is 4. The lowest BCUT2D eigenvalue weighted by Gasteiger charge is -2.12. The van der Waals surface area contributed by atoms with Gasteiger partial charge in [-0.3, -0.25) is 4.79 Å². The SMILES string of the molecule is CC(=O)Nc1cc2c(ccn2-c2cc(Cl)nc(C(C)(F)F)n2)cn1. The van der Waals surface area contributed by atoms with E-state index < -0.39 is 11.7 Å². The van der Waals surface area contributed by atoms with Crippen molar-refractivity contribution in [2.24, 2.45) is 0 Å². The summed E-state index contributed by atoms with van der Waals surface area (Å²) in [7, 11) is 0. The summed E-state index contributed by atoms with van der Waals surface area (Å²) >= 11 is 5.86. The predicted octanol–water partition coefficient (Wildman–Crippen LogP) is 3.54. The summed E-state index contributed by atoms with van der Waals surface area (Å²) in [6, 6.07) is 4.75. The minimum Gasteiger partial charge on any atom is -0.311 e. The molecule has 1 amide bonds. The molecule has 0 bridgehead atoms. The highest BCUT2D eigenvalue weighted by atomic mass is 35.5. The maximum absolute atomic E-state index is 13.5. The molecule has 0 atom stereocenters. The standard InChI is InChI=1S/C15H12ClF2N5O/c1-8(24)20-12-5-10-9(7-19-12)3-4-23(10)13-6-11(16)21-14(22-13)15(2,17)18/h3-7H,1-2H3,(H,19,20,24). The van der Waals surface area contributed by atoms with Gasteiger partial charge in [0.2, 0.25) is 11.7 Å². The van der Waals surface area contributed by atoms with Gasteiger partial charge in [-0.15, -0.1) is 0 Å². The quantitative estimate of drug-likeness (QED) is 0.732. The molecule has 124 valence electrons. The Labute approximate surface area is 140 Å². The smallest absolute Gasteiger partial charge is 0.303 e. The first-order valence-corrected chi connectivity index (χ1v) is 7.30. The van der Waals surface area contributed by atoms with Crippen molar-refractivity contribution in [3.05, 3.63) is 41.6 Å². The zero-order chi connectivity index (χ0) is 17.5. The maximum Gasteiger partial charge on any atom is 0.303 e. The zero-order valence-electron chi connectivity index (χ0n) is 12.7. The van der Waals surface area contributed by atoms with E-state index in [1.54, 1.807) is 29.1 Å². The van der Waals surface area contributed by atoms with Crippen LogP contribution < -0.4 is 5.32 Å². The minimum absolute atomic E-state index is 0.0884. The molecule has 0 saturated heterocycles. The normalized spacial score (nSPS) is 11.7. The fraction of sp³-hybridized carbons (Fsp3) is 0.200. The molecule has 3 aromatic heterocycles. The van der Waals surface area contributed by atoms with Crippen molar-refractivity contribution in [2.45, 2.75) is 19.8 Å². The molecule has 0 radical (unpaired) electrons. The van der Waals surface area contributed by atoms with E-state index in [9.17, 15) is 13.6 Å². The van der Waals surface area contributed by atoms with Crippen LogP contribution in [-0.4, -0.2) is 25.4 Å². The van der Waals surface area contributed by atoms with Crippen LogP contribution in [0.15, 0.2) is 30.6 Å². The van der Waals surface area contributed by atoms with Gasteiger partial charge in [-0.05, 0) is 6.07 Å². The highest BCUT2D eigenvalue weighted by Crippen LogP contribution is 2.27. The predicted molar refractivity (Wildman–Crippen MR) is 85.5 cm³/mol. The number of nitrogens with one attached hydrogen (secondary N) is 1. The summed E-state index contributed by atoms with van der Waals surface area (Å²) in [5.74, 6) is -3.61. The van der Waals surface area contributed by atoms with E-state index in [0.29, 0.717) is 18.3 Å². The molecule has 0 fully saturated rings. The number of fused-ring (bicyclic) bond motifs is 1. The summed E-state index contributed by atoms with van der Waals surface area (Å²) in [5.41, 5.74) is 0.633. The van der Waals surface area contributed by atoms with Gasteiger partial charge < -0.3 is 9.88 Å². The van der Waals surface area contributed by atoms with Gasteiger partial charge in [0.25, 0.3) is 0 Å². The fourth-order valence-electron chi connectivity index (χ4n) is 2.20. The average Bonchev–Trinajstić information content (AvgIpc) is 2.88. The summed E-state index contributed by atoms with van der Waals surface area (Å²) in [6.07, 6.45) is 3.22. The second-order valence-corrected chi connectivity index (χ2v) is 5.64. The van der Waals surface area contributed by atoms with Crippen LogP contribution in [0.2, 0.25) is 5.15 Å². The number of hydrogen-bond acceptors (Lipinski definition) is 4. The number of carbonyl (C=O) groups is 1. The molecule has 9 heteroatoms. The van der Waals surface area contributed by atoms with Crippen molar-refractivity contribution in [1.82, 2.24) is 19.5 Å². The average molecular weight is 352 g/mol. The van der Waals surface area contributed by atoms with Crippen LogP contribution in [0.4, 0.5) is 14.6 Å². The first kappa shape index (κ1) is 16.3. The molecule has 0 spiro atoms. The molecular formula is C15H12ClF2N5O. The summed E-state index contributed by atoms with van der Waals surface area (Å²) in [4.78, 5) is 22.7. The van der Waals surface area contributed by atoms with Crippen LogP contribution in [0.5, 0.6) is 0 Å². The number of hydrogen-bond donors (Lipinski definition) is 1. The van der Waals surface area contributed by atoms with E-state index in [4.69, 9.17) is 11.6 Å². The lowest BCUT2D eigenvalue weighted by atomic mass is 10.3. The van der Waals surface area contributed by atoms with E-state index in [1.165, 1.54) is 13.0 Å². The Morgan fingerprint density at radius 2 is 2.08 bits per heavy atom. The van der Waals surface area contributed by atoms with E-state index in [2.05, 4.69) is 20.3 Å². The number of alkyl halides is 2. The van der Waals surface area contributed by atoms with Crippen LogP contribution in [-0.2, 0) is 10.7 Å². The van der Waals surface area contributed by atoms with Gasteiger partial charge >= 0.3 is 5.92 Å². The highest BCUT2D eigenvalue weighted by molar-refractivity contribution is 6.29. The van der Waals surface area contributed by atoms with Gasteiger partial charge in [-0.2, -0.15) is 8.78 Å². The molecule has 3 rings (SSSR count). The Morgan fingerprint density at radius 3 is 2.75 bits per heavy atom. The van der Waals surface area contributed by atoms with Crippen molar-refractivity contribution >= 4 is 34.2 Å². The Bertz CT molecular complexity index is 935. The summed E-state index contributed by atoms with van der Waals surface area (Å²) in [6.45, 7) is 2.07. The molecule has 1 N–H and O–H groups in total. The monoisotopic (exact) mass is 351 g/mol. The van der Waals surface area contributed by atoms with Crippen LogP contribution in [0.1, 0.15) is 19.7 Å². The Balaban J connectivity index is 2.15. The third kappa shape index (κ3) is 3.18. The van der Waals surface area contributed by atoms with Crippen LogP contribution in [0, 0.1) is 0 Å². The summed E-state index contributed by atoms with van der Waals surface area (Å²) in [5, 5.41) is 3.24. The molecule has 3 aromatic rings. The molecule has 0 aliphatic heterocycles. The van der Waals surface area contributed by atoms with Gasteiger partial charge in [0.15, 0.2) is 0 Å². The van der Waals surface area contributed by atoms with Crippen molar-refractivity contribution < 1.29 is 13.6 Å². The Hall–Kier alpha value is -2.61. The van der Waals surface area contributed by atoms with Crippen LogP contribution in [0.3, 0.4) is 0 Å². The van der Waals surface area contributed by atoms with E-state index in [-0.39, 0.29) is 16.9 Å². The molecule has 3 heterocycles. The molecule has 0 unspecified atom stereocenters. The van der Waals surface area contributed by atoms with Crippen LogP contribution in [0.25, 0.3) is 16.7 Å². The van der Waals surface area contributed by atoms with Crippen LogP contribution >= 0.6 is 11.6 Å². The maximum atomic E-state index is 13.5. The number of anilines is 1. The largest absolute Gasteiger partial charge is 0.311 e. The lowest BCUT2D eigenvalue weighted by molar-refractivity contribution is -0.114. The summed E-state index contributed by atoms with van der Waals surface area (Å²) < 4.78 is 28.6. The number of rotatable bonds is 3. The third-order valence-electron chi connectivity index (χ3n) is 3.20. The number of carbonyl (C=O) groups excluding carboxylic acids is 1. The second-order valence-electron chi connectivity index (χ2n) is 5.26. The van der Waals surface area contributed by atoms with Crippen molar-refractivity contribution in [3.63, 3.8) is 0 Å². The molecule has 0 aromatic carbocycles. The van der Waals surface area contributed by atoms with Gasteiger partial charge in [-0.25, -0.2) is 15.0 Å². The van der Waals surface area contributed by atoms with E-state index >= 15 is 0 Å². The fourth-order valence-corrected chi connectivity index (χ4v) is 2.38. The second kappa shape index (κ2) is 5.79. The molecule has 0 aliphatic rings. The number of nitrogens with zero attached hydrogens (tertiary/aromatic N) is 4. The van der Waals surface area contributed by atoms with Gasteiger partial charge in [0.1, 0.15) is 16.8 Å². The van der Waals surface area contributed by atoms with Gasteiger partial charge in [0, 0.05) is 43.8 Å². The molecule has 0 saturated carbocycles. The molecule has 24 heavy (non-hydrogen) atoms. The Kier molecular flexibility index (Phi) is 3.92. The van der Waals surface area contributed by atoms with E-state index in [0.717, 1.165) is 5.39 Å². The molecule has 6 nitrogen and oxygen atoms in total. The van der Waals surface area contributed by atoms with Crippen molar-refractivity contribution in [1.29, 1.82) is 0 Å². The van der Waals surface area contributed by atoms with E-state index in [1.807, 2.05) is 0 Å². The molecular weight excluding hydrogens is 340 g/mol. The minimum atomic E-state index is -3.22. The Morgan fingerprint density at radius 1 is 1.33 bits per heavy atom. The zero-order valence-corrected chi connectivity index (χ0v) is 13.5. The van der Waals surface area contributed by atoms with Gasteiger partial charge in [0.05, 0.1) is 5.52 Å². The first-order chi connectivity index (χ1) is 11.2. The van der Waals surface area contributed by atoms with Gasteiger partial charge in [-0.1, -0.05) is 11.6 Å². The number of pyridine rings is 1. The topological polar surface area (TPSA) is 72.7 Å². The first-order valence-electron chi connectivity index (χ1n) is 6.92. The van der Waals surface area contributed by atoms with Crippen molar-refractivity contribution in [2.75, 3.05) is 5.32 Å². The lowest BCUT2D eigenvalue weighted by Crippen LogP contribution is -2.14. The highest BCUT2D eigenvalue weighted by Gasteiger charge is 2.29. The molecule has 0 aliphatic carbocycles. The van der Waals surface area contributed by atoms with Crippen molar-refractivity contribution in [3.8, 4) is 5.82 Å².